The van der Waals surface area contributed by atoms with E-state index < -0.39 is 57.6 Å². The molecule has 51 heavy (non-hydrogen) atoms. The molecule has 0 amide bonds. The Morgan fingerprint density at radius 1 is 0.412 bits per heavy atom. The molecule has 0 aromatic carbocycles. The van der Waals surface area contributed by atoms with Crippen molar-refractivity contribution in [1.29, 1.82) is 0 Å². The van der Waals surface area contributed by atoms with Gasteiger partial charge in [0.1, 0.15) is 0 Å². The number of ether oxygens (including phenoxy) is 4. The minimum absolute atomic E-state index is 0.219. The zero-order chi connectivity index (χ0) is 38.8. The van der Waals surface area contributed by atoms with E-state index in [1.54, 1.807) is 0 Å². The van der Waals surface area contributed by atoms with Crippen molar-refractivity contribution in [2.24, 2.45) is 0 Å². The highest BCUT2D eigenvalue weighted by Crippen LogP contribution is 2.30. The molecule has 0 saturated heterocycles. The molecule has 0 aliphatic carbocycles. The van der Waals surface area contributed by atoms with E-state index in [1.165, 1.54) is 0 Å². The number of carbonyl (C=O) groups is 4. The SMILES string of the molecule is C=CC(=O)OCCCO[Si](C)(CC[Si](C)(C)O[Si](C)(C)CC[Si](C)(OCCCOC(=O)C=C)OCCCOC(=O)C=C)OCCCOC(=O)C=C. The summed E-state index contributed by atoms with van der Waals surface area (Å²) < 4.78 is 52.6. The zero-order valence-corrected chi connectivity index (χ0v) is 35.8. The molecule has 292 valence electrons. The summed E-state index contributed by atoms with van der Waals surface area (Å²) in [5.41, 5.74) is 0. The zero-order valence-electron chi connectivity index (χ0n) is 31.8. The Labute approximate surface area is 309 Å². The van der Waals surface area contributed by atoms with Gasteiger partial charge in [-0.3, -0.25) is 0 Å². The smallest absolute Gasteiger partial charge is 0.334 e. The van der Waals surface area contributed by atoms with Crippen molar-refractivity contribution in [3.8, 4) is 0 Å². The summed E-state index contributed by atoms with van der Waals surface area (Å²) in [4.78, 5) is 45.5. The maximum atomic E-state index is 11.4. The quantitative estimate of drug-likeness (QED) is 0.0254. The van der Waals surface area contributed by atoms with Crippen LogP contribution in [-0.2, 0) is 59.9 Å². The Kier molecular flexibility index (Phi) is 25.0. The number of rotatable bonds is 32. The highest BCUT2D eigenvalue weighted by Gasteiger charge is 2.41. The van der Waals surface area contributed by atoms with Gasteiger partial charge in [-0.1, -0.05) is 26.3 Å². The van der Waals surface area contributed by atoms with Crippen LogP contribution >= 0.6 is 0 Å². The molecule has 0 saturated carbocycles. The van der Waals surface area contributed by atoms with Gasteiger partial charge in [-0.05, 0) is 63.5 Å². The molecule has 0 atom stereocenters. The third-order valence-electron chi connectivity index (χ3n) is 7.34. The van der Waals surface area contributed by atoms with Gasteiger partial charge in [0, 0.05) is 76.4 Å². The van der Waals surface area contributed by atoms with Crippen molar-refractivity contribution in [2.75, 3.05) is 52.9 Å². The summed E-state index contributed by atoms with van der Waals surface area (Å²) in [6.45, 7) is 28.9. The number of esters is 4. The normalized spacial score (nSPS) is 12.0. The van der Waals surface area contributed by atoms with Crippen LogP contribution in [-0.4, -0.2) is 110 Å². The molecular weight excluding hydrogens is 729 g/mol. The molecule has 0 radical (unpaired) electrons. The first-order valence-electron chi connectivity index (χ1n) is 17.4. The fraction of sp³-hybridized carbons (Fsp3) is 0.647. The molecule has 13 nitrogen and oxygen atoms in total. The molecule has 0 aromatic heterocycles. The molecule has 0 bridgehead atoms. The predicted molar refractivity (Wildman–Crippen MR) is 205 cm³/mol. The molecule has 0 fully saturated rings. The van der Waals surface area contributed by atoms with Gasteiger partial charge in [0.25, 0.3) is 0 Å². The lowest BCUT2D eigenvalue weighted by Crippen LogP contribution is -2.48. The third-order valence-corrected chi connectivity index (χ3v) is 21.2. The van der Waals surface area contributed by atoms with Crippen molar-refractivity contribution in [3.63, 3.8) is 0 Å². The van der Waals surface area contributed by atoms with Crippen molar-refractivity contribution >= 4 is 57.6 Å². The number of carbonyl (C=O) groups excluding carboxylic acids is 4. The molecule has 0 aliphatic heterocycles. The first kappa shape index (κ1) is 48.5. The van der Waals surface area contributed by atoms with E-state index in [0.717, 1.165) is 36.4 Å². The van der Waals surface area contributed by atoms with Crippen molar-refractivity contribution < 1.29 is 59.9 Å². The Morgan fingerprint density at radius 2 is 0.647 bits per heavy atom. The van der Waals surface area contributed by atoms with Gasteiger partial charge in [0.2, 0.25) is 0 Å². The number of hydrogen-bond donors (Lipinski definition) is 0. The molecular formula is C34H62O13Si4. The second-order valence-electron chi connectivity index (χ2n) is 13.2. The summed E-state index contributed by atoms with van der Waals surface area (Å²) in [5, 5.41) is 0. The molecule has 0 rings (SSSR count). The van der Waals surface area contributed by atoms with Gasteiger partial charge >= 0.3 is 41.0 Å². The average Bonchev–Trinajstić information content (AvgIpc) is 3.08. The summed E-state index contributed by atoms with van der Waals surface area (Å²) in [6, 6.07) is 3.05. The average molecular weight is 791 g/mol. The number of hydrogen-bond acceptors (Lipinski definition) is 13. The Bertz CT molecular complexity index is 970. The third kappa shape index (κ3) is 26.0. The highest BCUT2D eigenvalue weighted by molar-refractivity contribution is 6.86. The van der Waals surface area contributed by atoms with Gasteiger partial charge in [-0.25, -0.2) is 19.2 Å². The fourth-order valence-electron chi connectivity index (χ4n) is 4.59. The largest absolute Gasteiger partial charge is 0.462 e. The van der Waals surface area contributed by atoms with Gasteiger partial charge in [0.15, 0.2) is 16.6 Å². The molecule has 0 aliphatic rings. The first-order chi connectivity index (χ1) is 23.9. The Balaban J connectivity index is 5.35. The van der Waals surface area contributed by atoms with Crippen molar-refractivity contribution in [1.82, 2.24) is 0 Å². The van der Waals surface area contributed by atoms with Crippen molar-refractivity contribution in [2.45, 2.75) is 89.1 Å². The lowest BCUT2D eigenvalue weighted by Gasteiger charge is -2.37. The van der Waals surface area contributed by atoms with E-state index in [4.69, 9.17) is 40.8 Å². The van der Waals surface area contributed by atoms with Crippen LogP contribution < -0.4 is 0 Å². The van der Waals surface area contributed by atoms with Crippen LogP contribution in [0.15, 0.2) is 50.6 Å². The van der Waals surface area contributed by atoms with E-state index in [-0.39, 0.29) is 26.4 Å². The van der Waals surface area contributed by atoms with Crippen LogP contribution in [0.5, 0.6) is 0 Å². The molecule has 0 heterocycles. The minimum Gasteiger partial charge on any atom is -0.462 e. The van der Waals surface area contributed by atoms with Crippen LogP contribution in [0.2, 0.25) is 63.5 Å². The lowest BCUT2D eigenvalue weighted by atomic mass is 10.5. The second-order valence-corrected chi connectivity index (χ2v) is 28.7. The van der Waals surface area contributed by atoms with Gasteiger partial charge < -0.3 is 40.8 Å². The summed E-state index contributed by atoms with van der Waals surface area (Å²) in [5.74, 6) is -1.90. The van der Waals surface area contributed by atoms with E-state index in [9.17, 15) is 19.2 Å². The fourth-order valence-corrected chi connectivity index (χ4v) is 22.9. The van der Waals surface area contributed by atoms with E-state index in [1.807, 2.05) is 13.1 Å². The summed E-state index contributed by atoms with van der Waals surface area (Å²) in [6.07, 6.45) is 6.59. The lowest BCUT2D eigenvalue weighted by molar-refractivity contribution is -0.139. The minimum atomic E-state index is -2.67. The maximum Gasteiger partial charge on any atom is 0.334 e. The Hall–Kier alpha value is -2.49. The van der Waals surface area contributed by atoms with Crippen LogP contribution in [0.1, 0.15) is 25.7 Å². The summed E-state index contributed by atoms with van der Waals surface area (Å²) in [7, 11) is -9.75. The van der Waals surface area contributed by atoms with Crippen LogP contribution in [0.25, 0.3) is 0 Å². The molecule has 0 N–H and O–H groups in total. The second kappa shape index (κ2) is 26.3. The Morgan fingerprint density at radius 3 is 0.863 bits per heavy atom. The molecule has 0 aromatic rings. The topological polar surface area (TPSA) is 151 Å². The van der Waals surface area contributed by atoms with Crippen LogP contribution in [0, 0.1) is 0 Å². The van der Waals surface area contributed by atoms with Crippen LogP contribution in [0.4, 0.5) is 0 Å². The maximum absolute atomic E-state index is 11.4. The predicted octanol–water partition coefficient (Wildman–Crippen LogP) is 6.10. The van der Waals surface area contributed by atoms with E-state index in [2.05, 4.69) is 52.5 Å². The first-order valence-corrected chi connectivity index (χ1v) is 28.6. The van der Waals surface area contributed by atoms with Gasteiger partial charge in [0.05, 0.1) is 26.4 Å². The molecule has 17 heteroatoms. The van der Waals surface area contributed by atoms with E-state index in [0.29, 0.717) is 64.2 Å². The van der Waals surface area contributed by atoms with Gasteiger partial charge in [-0.2, -0.15) is 0 Å². The van der Waals surface area contributed by atoms with Gasteiger partial charge in [-0.15, -0.1) is 0 Å². The summed E-state index contributed by atoms with van der Waals surface area (Å²) >= 11 is 0. The van der Waals surface area contributed by atoms with Crippen LogP contribution in [0.3, 0.4) is 0 Å². The molecule has 0 spiro atoms. The standard InChI is InChI=1S/C34H62O13Si4/c1-11-31(35)39-19-15-23-43-50(9,44-24-16-20-40-32(36)12-2)29-27-48(5,6)47-49(7,8)28-30-51(10,45-25-17-21-41-33(37)13-3)46-26-18-22-42-34(38)14-4/h11-14H,1-4,15-30H2,5-10H3. The monoisotopic (exact) mass is 790 g/mol. The molecule has 0 unspecified atom stereocenters. The van der Waals surface area contributed by atoms with Crippen molar-refractivity contribution in [3.05, 3.63) is 50.6 Å². The highest BCUT2D eigenvalue weighted by atomic mass is 28.4. The van der Waals surface area contributed by atoms with E-state index >= 15 is 0 Å².